The Labute approximate surface area is 103 Å². The van der Waals surface area contributed by atoms with Gasteiger partial charge in [-0.1, -0.05) is 29.4 Å². The smallest absolute Gasteiger partial charge is 0.242 e. The molecule has 6 heteroatoms. The summed E-state index contributed by atoms with van der Waals surface area (Å²) in [6.07, 6.45) is 2.32. The van der Waals surface area contributed by atoms with Crippen LogP contribution in [-0.2, 0) is 0 Å². The van der Waals surface area contributed by atoms with Crippen LogP contribution in [-0.4, -0.2) is 23.1 Å². The van der Waals surface area contributed by atoms with Crippen LogP contribution < -0.4 is 15.8 Å². The van der Waals surface area contributed by atoms with Crippen LogP contribution >= 0.6 is 15.9 Å². The van der Waals surface area contributed by atoms with Crippen molar-refractivity contribution in [3.63, 3.8) is 0 Å². The molecule has 0 saturated carbocycles. The van der Waals surface area contributed by atoms with E-state index >= 15 is 0 Å². The molecule has 5 nitrogen and oxygen atoms in total. The molecule has 0 saturated heterocycles. The highest BCUT2D eigenvalue weighted by Crippen LogP contribution is 2.24. The molecule has 1 aromatic rings. The van der Waals surface area contributed by atoms with E-state index in [0.717, 1.165) is 10.9 Å². The average Bonchev–Trinajstić information content (AvgIpc) is 2.26. The van der Waals surface area contributed by atoms with Crippen LogP contribution in [0.25, 0.3) is 0 Å². The Kier molecular flexibility index (Phi) is 5.04. The number of hydrogen-bond donors (Lipinski definition) is 2. The van der Waals surface area contributed by atoms with Gasteiger partial charge in [0.2, 0.25) is 5.88 Å². The Balaban J connectivity index is 2.73. The topological polar surface area (TPSA) is 73.1 Å². The van der Waals surface area contributed by atoms with Crippen LogP contribution in [0.3, 0.4) is 0 Å². The predicted molar refractivity (Wildman–Crippen MR) is 68.8 cm³/mol. The first kappa shape index (κ1) is 12.8. The molecule has 0 unspecified atom stereocenters. The van der Waals surface area contributed by atoms with Crippen molar-refractivity contribution >= 4 is 27.4 Å². The second-order valence-corrected chi connectivity index (χ2v) is 4.28. The van der Waals surface area contributed by atoms with Crippen molar-refractivity contribution in [2.75, 3.05) is 24.2 Å². The Bertz CT molecular complexity index is 370. The molecule has 16 heavy (non-hydrogen) atoms. The molecule has 0 aromatic carbocycles. The van der Waals surface area contributed by atoms with E-state index in [4.69, 9.17) is 10.5 Å². The van der Waals surface area contributed by atoms with Gasteiger partial charge in [0.25, 0.3) is 0 Å². The molecule has 0 atom stereocenters. The van der Waals surface area contributed by atoms with Gasteiger partial charge in [-0.15, -0.1) is 0 Å². The molecule has 1 heterocycles. The second-order valence-electron chi connectivity index (χ2n) is 3.16. The van der Waals surface area contributed by atoms with Crippen LogP contribution in [0, 0.1) is 0 Å². The van der Waals surface area contributed by atoms with Crippen LogP contribution in [0.1, 0.15) is 13.3 Å². The summed E-state index contributed by atoms with van der Waals surface area (Å²) in [6, 6.07) is 0. The third-order valence-corrected chi connectivity index (χ3v) is 2.02. The van der Waals surface area contributed by atoms with Gasteiger partial charge in [-0.2, -0.15) is 4.98 Å². The zero-order chi connectivity index (χ0) is 12.0. The van der Waals surface area contributed by atoms with Gasteiger partial charge in [0.05, 0.1) is 6.61 Å². The molecule has 0 bridgehead atoms. The van der Waals surface area contributed by atoms with Gasteiger partial charge >= 0.3 is 0 Å². The SMILES string of the molecule is C=C(Br)CNc1ncnc(OCCC)c1N. The second kappa shape index (κ2) is 6.32. The fraction of sp³-hybridized carbons (Fsp3) is 0.400. The summed E-state index contributed by atoms with van der Waals surface area (Å²) in [5.74, 6) is 0.973. The van der Waals surface area contributed by atoms with E-state index in [1.807, 2.05) is 6.92 Å². The summed E-state index contributed by atoms with van der Waals surface area (Å²) in [7, 11) is 0. The van der Waals surface area contributed by atoms with Crippen molar-refractivity contribution in [3.05, 3.63) is 17.4 Å². The molecular formula is C10H15BrN4O. The third kappa shape index (κ3) is 3.69. The Morgan fingerprint density at radius 1 is 1.62 bits per heavy atom. The van der Waals surface area contributed by atoms with Gasteiger partial charge in [-0.05, 0) is 6.42 Å². The maximum atomic E-state index is 5.85. The number of nitrogen functional groups attached to an aromatic ring is 1. The molecule has 0 radical (unpaired) electrons. The quantitative estimate of drug-likeness (QED) is 0.838. The number of anilines is 2. The number of rotatable bonds is 6. The predicted octanol–water partition coefficient (Wildman–Crippen LogP) is 2.17. The van der Waals surface area contributed by atoms with Crippen LogP contribution in [0.15, 0.2) is 17.4 Å². The third-order valence-electron chi connectivity index (χ3n) is 1.74. The lowest BCUT2D eigenvalue weighted by Crippen LogP contribution is -2.09. The zero-order valence-corrected chi connectivity index (χ0v) is 10.7. The molecule has 0 aliphatic rings. The fourth-order valence-corrected chi connectivity index (χ4v) is 1.15. The lowest BCUT2D eigenvalue weighted by Gasteiger charge is -2.10. The molecule has 0 amide bonds. The van der Waals surface area contributed by atoms with Crippen LogP contribution in [0.2, 0.25) is 0 Å². The van der Waals surface area contributed by atoms with Crippen molar-refractivity contribution in [1.82, 2.24) is 9.97 Å². The standard InChI is InChI=1S/C10H15BrN4O/c1-3-4-16-10-8(12)9(14-6-15-10)13-5-7(2)11/h6H,2-5,12H2,1H3,(H,13,14,15). The van der Waals surface area contributed by atoms with E-state index in [9.17, 15) is 0 Å². The summed E-state index contributed by atoms with van der Waals surface area (Å²) in [6.45, 7) is 6.87. The molecule has 0 spiro atoms. The van der Waals surface area contributed by atoms with Crippen molar-refractivity contribution in [3.8, 4) is 5.88 Å². The number of nitrogens with two attached hydrogens (primary N) is 1. The highest BCUT2D eigenvalue weighted by molar-refractivity contribution is 9.11. The maximum Gasteiger partial charge on any atom is 0.242 e. The van der Waals surface area contributed by atoms with Gasteiger partial charge in [-0.25, -0.2) is 4.98 Å². The summed E-state index contributed by atoms with van der Waals surface area (Å²) >= 11 is 3.24. The molecule has 0 aliphatic carbocycles. The van der Waals surface area contributed by atoms with E-state index in [0.29, 0.717) is 30.5 Å². The Hall–Kier alpha value is -1.30. The number of nitrogens with one attached hydrogen (secondary N) is 1. The van der Waals surface area contributed by atoms with Gasteiger partial charge in [0.15, 0.2) is 5.82 Å². The highest BCUT2D eigenvalue weighted by atomic mass is 79.9. The lowest BCUT2D eigenvalue weighted by atomic mass is 10.4. The van der Waals surface area contributed by atoms with Crippen molar-refractivity contribution < 1.29 is 4.74 Å². The zero-order valence-electron chi connectivity index (χ0n) is 9.16. The maximum absolute atomic E-state index is 5.85. The van der Waals surface area contributed by atoms with E-state index in [-0.39, 0.29) is 0 Å². The molecule has 1 rings (SSSR count). The molecule has 0 aliphatic heterocycles. The van der Waals surface area contributed by atoms with E-state index in [2.05, 4.69) is 37.8 Å². The minimum Gasteiger partial charge on any atom is -0.476 e. The molecular weight excluding hydrogens is 272 g/mol. The molecule has 1 aromatic heterocycles. The number of hydrogen-bond acceptors (Lipinski definition) is 5. The first-order chi connectivity index (χ1) is 7.65. The van der Waals surface area contributed by atoms with Gasteiger partial charge in [0, 0.05) is 11.0 Å². The summed E-state index contributed by atoms with van der Waals surface area (Å²) in [5.41, 5.74) is 6.27. The molecule has 88 valence electrons. The van der Waals surface area contributed by atoms with Gasteiger partial charge in [-0.3, -0.25) is 0 Å². The number of aromatic nitrogens is 2. The van der Waals surface area contributed by atoms with Gasteiger partial charge < -0.3 is 15.8 Å². The highest BCUT2D eigenvalue weighted by Gasteiger charge is 2.08. The first-order valence-corrected chi connectivity index (χ1v) is 5.74. The fourth-order valence-electron chi connectivity index (χ4n) is 1.01. The van der Waals surface area contributed by atoms with E-state index in [1.54, 1.807) is 0 Å². The van der Waals surface area contributed by atoms with Crippen molar-refractivity contribution in [2.24, 2.45) is 0 Å². The number of nitrogens with zero attached hydrogens (tertiary/aromatic N) is 2. The monoisotopic (exact) mass is 286 g/mol. The largest absolute Gasteiger partial charge is 0.476 e. The first-order valence-electron chi connectivity index (χ1n) is 4.95. The average molecular weight is 287 g/mol. The lowest BCUT2D eigenvalue weighted by molar-refractivity contribution is 0.307. The summed E-state index contributed by atoms with van der Waals surface area (Å²) in [5, 5.41) is 3.03. The normalized spacial score (nSPS) is 9.88. The van der Waals surface area contributed by atoms with Crippen molar-refractivity contribution in [2.45, 2.75) is 13.3 Å². The summed E-state index contributed by atoms with van der Waals surface area (Å²) < 4.78 is 6.20. The van der Waals surface area contributed by atoms with E-state index in [1.165, 1.54) is 6.33 Å². The molecule has 3 N–H and O–H groups in total. The Morgan fingerprint density at radius 2 is 2.38 bits per heavy atom. The van der Waals surface area contributed by atoms with E-state index < -0.39 is 0 Å². The minimum absolute atomic E-state index is 0.416. The Morgan fingerprint density at radius 3 is 3.00 bits per heavy atom. The van der Waals surface area contributed by atoms with Crippen LogP contribution in [0.4, 0.5) is 11.5 Å². The summed E-state index contributed by atoms with van der Waals surface area (Å²) in [4.78, 5) is 8.00. The number of ether oxygens (including phenoxy) is 1. The van der Waals surface area contributed by atoms with Crippen molar-refractivity contribution in [1.29, 1.82) is 0 Å². The van der Waals surface area contributed by atoms with Crippen LogP contribution in [0.5, 0.6) is 5.88 Å². The van der Waals surface area contributed by atoms with Gasteiger partial charge in [0.1, 0.15) is 12.0 Å². The number of halogens is 1. The minimum atomic E-state index is 0.416. The molecule has 0 fully saturated rings.